The molecule has 5 heteroatoms. The average Bonchev–Trinajstić information content (AvgIpc) is 2.75. The minimum absolute atomic E-state index is 0.0451. The second kappa shape index (κ2) is 3.85. The van der Waals surface area contributed by atoms with E-state index in [2.05, 4.69) is 5.10 Å². The Hall–Kier alpha value is -1.03. The molecular formula is C10H14ClN3O. The first-order valence-corrected chi connectivity index (χ1v) is 5.45. The van der Waals surface area contributed by atoms with Crippen LogP contribution >= 0.6 is 11.6 Å². The highest BCUT2D eigenvalue weighted by atomic mass is 35.5. The fraction of sp³-hybridized carbons (Fsp3) is 0.600. The molecule has 0 saturated carbocycles. The molecule has 1 aliphatic heterocycles. The van der Waals surface area contributed by atoms with Gasteiger partial charge in [0.25, 0.3) is 5.91 Å². The van der Waals surface area contributed by atoms with Gasteiger partial charge in [0.05, 0.1) is 17.1 Å². The third-order valence-corrected chi connectivity index (χ3v) is 3.24. The molecule has 0 N–H and O–H groups in total. The molecule has 0 bridgehead atoms. The number of likely N-dealkylation sites (tertiary alicyclic amines) is 1. The zero-order valence-electron chi connectivity index (χ0n) is 8.90. The maximum absolute atomic E-state index is 12.0. The van der Waals surface area contributed by atoms with Crippen molar-refractivity contribution in [1.29, 1.82) is 0 Å². The minimum atomic E-state index is 0.0451. The Kier molecular flexibility index (Phi) is 2.69. The maximum Gasteiger partial charge on any atom is 0.257 e. The second-order valence-electron chi connectivity index (χ2n) is 3.90. The van der Waals surface area contributed by atoms with E-state index in [-0.39, 0.29) is 11.3 Å². The lowest BCUT2D eigenvalue weighted by Crippen LogP contribution is -2.29. The first-order valence-electron chi connectivity index (χ1n) is 5.01. The van der Waals surface area contributed by atoms with Crippen LogP contribution in [0.2, 0.25) is 0 Å². The van der Waals surface area contributed by atoms with E-state index in [1.807, 2.05) is 14.0 Å². The number of carbonyl (C=O) groups is 1. The van der Waals surface area contributed by atoms with Crippen LogP contribution in [-0.2, 0) is 7.05 Å². The van der Waals surface area contributed by atoms with E-state index in [9.17, 15) is 4.79 Å². The van der Waals surface area contributed by atoms with Crippen LogP contribution in [0, 0.1) is 6.92 Å². The van der Waals surface area contributed by atoms with Crippen molar-refractivity contribution in [1.82, 2.24) is 14.7 Å². The first-order chi connectivity index (χ1) is 7.09. The monoisotopic (exact) mass is 227 g/mol. The van der Waals surface area contributed by atoms with Crippen molar-refractivity contribution in [2.45, 2.75) is 18.7 Å². The summed E-state index contributed by atoms with van der Waals surface area (Å²) < 4.78 is 1.71. The number of amides is 1. The number of alkyl halides is 1. The lowest BCUT2D eigenvalue weighted by Gasteiger charge is -2.14. The lowest BCUT2D eigenvalue weighted by molar-refractivity contribution is 0.0792. The summed E-state index contributed by atoms with van der Waals surface area (Å²) in [4.78, 5) is 13.8. The summed E-state index contributed by atoms with van der Waals surface area (Å²) in [6.07, 6.45) is 2.51. The minimum Gasteiger partial charge on any atom is -0.337 e. The standard InChI is InChI=1S/C10H14ClN3O/c1-7-9(5-12-13(7)2)10(15)14-4-3-8(11)6-14/h5,8H,3-4,6H2,1-2H3. The second-order valence-corrected chi connectivity index (χ2v) is 4.52. The van der Waals surface area contributed by atoms with E-state index >= 15 is 0 Å². The Balaban J connectivity index is 2.18. The van der Waals surface area contributed by atoms with E-state index < -0.39 is 0 Å². The summed E-state index contributed by atoms with van der Waals surface area (Å²) in [6.45, 7) is 3.30. The summed E-state index contributed by atoms with van der Waals surface area (Å²) in [5, 5.41) is 4.17. The molecular weight excluding hydrogens is 214 g/mol. The van der Waals surface area contributed by atoms with Crippen molar-refractivity contribution >= 4 is 17.5 Å². The quantitative estimate of drug-likeness (QED) is 0.676. The van der Waals surface area contributed by atoms with Crippen LogP contribution in [0.1, 0.15) is 22.5 Å². The van der Waals surface area contributed by atoms with Gasteiger partial charge in [0, 0.05) is 25.8 Å². The topological polar surface area (TPSA) is 38.1 Å². The van der Waals surface area contributed by atoms with Crippen molar-refractivity contribution in [3.63, 3.8) is 0 Å². The number of aryl methyl sites for hydroxylation is 1. The molecule has 0 aliphatic carbocycles. The van der Waals surface area contributed by atoms with Gasteiger partial charge in [0.1, 0.15) is 0 Å². The fourth-order valence-electron chi connectivity index (χ4n) is 1.78. The van der Waals surface area contributed by atoms with E-state index in [0.29, 0.717) is 12.1 Å². The predicted molar refractivity (Wildman–Crippen MR) is 58.1 cm³/mol. The zero-order chi connectivity index (χ0) is 11.0. The molecule has 1 unspecified atom stereocenters. The highest BCUT2D eigenvalue weighted by molar-refractivity contribution is 6.21. The summed E-state index contributed by atoms with van der Waals surface area (Å²) >= 11 is 5.97. The maximum atomic E-state index is 12.0. The molecule has 2 heterocycles. The molecule has 1 aromatic heterocycles. The Morgan fingerprint density at radius 1 is 1.67 bits per heavy atom. The number of nitrogens with zero attached hydrogens (tertiary/aromatic N) is 3. The van der Waals surface area contributed by atoms with Crippen LogP contribution in [-0.4, -0.2) is 39.1 Å². The molecule has 1 amide bonds. The van der Waals surface area contributed by atoms with Crippen LogP contribution in [0.4, 0.5) is 0 Å². The zero-order valence-corrected chi connectivity index (χ0v) is 9.66. The Morgan fingerprint density at radius 3 is 2.87 bits per heavy atom. The van der Waals surface area contributed by atoms with Gasteiger partial charge in [-0.15, -0.1) is 11.6 Å². The molecule has 1 saturated heterocycles. The van der Waals surface area contributed by atoms with Crippen LogP contribution in [0.25, 0.3) is 0 Å². The van der Waals surface area contributed by atoms with Crippen LogP contribution in [0.3, 0.4) is 0 Å². The fourth-order valence-corrected chi connectivity index (χ4v) is 2.05. The normalized spacial score (nSPS) is 21.0. The molecule has 1 fully saturated rings. The van der Waals surface area contributed by atoms with Gasteiger partial charge in [0.2, 0.25) is 0 Å². The van der Waals surface area contributed by atoms with Crippen molar-refractivity contribution in [3.05, 3.63) is 17.5 Å². The van der Waals surface area contributed by atoms with Crippen LogP contribution in [0.15, 0.2) is 6.20 Å². The highest BCUT2D eigenvalue weighted by Crippen LogP contribution is 2.18. The largest absolute Gasteiger partial charge is 0.337 e. The smallest absolute Gasteiger partial charge is 0.257 e. The summed E-state index contributed by atoms with van der Waals surface area (Å²) in [6, 6.07) is 0. The molecule has 0 radical (unpaired) electrons. The summed E-state index contributed by atoms with van der Waals surface area (Å²) in [5.41, 5.74) is 1.58. The number of hydrogen-bond acceptors (Lipinski definition) is 2. The SMILES string of the molecule is Cc1c(C(=O)N2CCC(Cl)C2)cnn1C. The molecule has 1 aliphatic rings. The van der Waals surface area contributed by atoms with Gasteiger partial charge in [-0.1, -0.05) is 0 Å². The van der Waals surface area contributed by atoms with Gasteiger partial charge < -0.3 is 4.90 Å². The van der Waals surface area contributed by atoms with Crippen LogP contribution < -0.4 is 0 Å². The van der Waals surface area contributed by atoms with Crippen molar-refractivity contribution < 1.29 is 4.79 Å². The number of halogens is 1. The van der Waals surface area contributed by atoms with Crippen molar-refractivity contribution in [2.24, 2.45) is 7.05 Å². The molecule has 0 spiro atoms. The third-order valence-electron chi connectivity index (χ3n) is 2.88. The van der Waals surface area contributed by atoms with Gasteiger partial charge in [-0.25, -0.2) is 0 Å². The third kappa shape index (κ3) is 1.86. The molecule has 15 heavy (non-hydrogen) atoms. The summed E-state index contributed by atoms with van der Waals surface area (Å²) in [5.74, 6) is 0.0451. The van der Waals surface area contributed by atoms with Gasteiger partial charge >= 0.3 is 0 Å². The first kappa shape index (κ1) is 10.5. The molecule has 2 rings (SSSR count). The van der Waals surface area contributed by atoms with Crippen molar-refractivity contribution in [3.8, 4) is 0 Å². The van der Waals surface area contributed by atoms with Gasteiger partial charge in [0.15, 0.2) is 0 Å². The Labute approximate surface area is 93.8 Å². The van der Waals surface area contributed by atoms with Gasteiger partial charge in [-0.3, -0.25) is 9.48 Å². The summed E-state index contributed by atoms with van der Waals surface area (Å²) in [7, 11) is 1.83. The number of carbonyl (C=O) groups excluding carboxylic acids is 1. The average molecular weight is 228 g/mol. The molecule has 1 atom stereocenters. The van der Waals surface area contributed by atoms with E-state index in [1.165, 1.54) is 0 Å². The predicted octanol–water partition coefficient (Wildman–Crippen LogP) is 1.18. The Morgan fingerprint density at radius 2 is 2.40 bits per heavy atom. The van der Waals surface area contributed by atoms with E-state index in [0.717, 1.165) is 18.7 Å². The van der Waals surface area contributed by atoms with Gasteiger partial charge in [-0.05, 0) is 13.3 Å². The number of aromatic nitrogens is 2. The number of rotatable bonds is 1. The lowest BCUT2D eigenvalue weighted by atomic mass is 10.2. The highest BCUT2D eigenvalue weighted by Gasteiger charge is 2.27. The number of hydrogen-bond donors (Lipinski definition) is 0. The van der Waals surface area contributed by atoms with E-state index in [4.69, 9.17) is 11.6 Å². The van der Waals surface area contributed by atoms with Crippen LogP contribution in [0.5, 0.6) is 0 Å². The van der Waals surface area contributed by atoms with Gasteiger partial charge in [-0.2, -0.15) is 5.10 Å². The molecule has 82 valence electrons. The Bertz CT molecular complexity index is 388. The molecule has 4 nitrogen and oxygen atoms in total. The molecule has 1 aromatic rings. The van der Waals surface area contributed by atoms with E-state index in [1.54, 1.807) is 15.8 Å². The molecule has 0 aromatic carbocycles. The van der Waals surface area contributed by atoms with Crippen molar-refractivity contribution in [2.75, 3.05) is 13.1 Å².